The van der Waals surface area contributed by atoms with Crippen molar-refractivity contribution in [3.05, 3.63) is 0 Å². The van der Waals surface area contributed by atoms with Crippen molar-refractivity contribution in [2.45, 2.75) is 188 Å². The summed E-state index contributed by atoms with van der Waals surface area (Å²) in [5, 5.41) is 0. The molecule has 0 aliphatic heterocycles. The van der Waals surface area contributed by atoms with Gasteiger partial charge in [0.2, 0.25) is 0 Å². The molecular formula is C31H64. The van der Waals surface area contributed by atoms with E-state index in [1.54, 1.807) is 0 Å². The maximum Gasteiger partial charge on any atom is -0.0443 e. The Labute approximate surface area is 200 Å². The average molecular weight is 437 g/mol. The van der Waals surface area contributed by atoms with Crippen LogP contribution in [0, 0.1) is 11.8 Å². The zero-order valence-electron chi connectivity index (χ0n) is 22.8. The van der Waals surface area contributed by atoms with E-state index in [0.717, 1.165) is 11.8 Å². The molecule has 0 bridgehead atoms. The molecule has 0 aliphatic rings. The summed E-state index contributed by atoms with van der Waals surface area (Å²) in [5.41, 5.74) is 0. The molecule has 188 valence electrons. The Morgan fingerprint density at radius 3 is 0.742 bits per heavy atom. The van der Waals surface area contributed by atoms with Crippen molar-refractivity contribution in [3.63, 3.8) is 0 Å². The van der Waals surface area contributed by atoms with Gasteiger partial charge in [0.1, 0.15) is 0 Å². The normalized spacial score (nSPS) is 13.5. The van der Waals surface area contributed by atoms with Crippen molar-refractivity contribution in [1.29, 1.82) is 0 Å². The maximum atomic E-state index is 2.50. The van der Waals surface area contributed by atoms with Gasteiger partial charge in [0.05, 0.1) is 0 Å². The standard InChI is InChI=1S/C31H64/c1-5-7-9-11-13-15-16-18-20-23-27-31(4)29-25-21-24-28-30(3)26-22-19-17-14-12-10-8-6-2/h30-31H,5-29H2,1-4H3. The van der Waals surface area contributed by atoms with Crippen LogP contribution in [0.5, 0.6) is 0 Å². The summed E-state index contributed by atoms with van der Waals surface area (Å²) in [6.45, 7) is 9.61. The molecule has 0 radical (unpaired) electrons. The van der Waals surface area contributed by atoms with Gasteiger partial charge in [-0.3, -0.25) is 0 Å². The lowest BCUT2D eigenvalue weighted by molar-refractivity contribution is 0.407. The molecule has 0 saturated heterocycles. The summed E-state index contributed by atoms with van der Waals surface area (Å²) < 4.78 is 0. The lowest BCUT2D eigenvalue weighted by atomic mass is 9.93. The number of unbranched alkanes of at least 4 members (excludes halogenated alkanes) is 18. The SMILES string of the molecule is CCCCCCCCCCCCC(C)CCCCCC(C)CCCCCCCCCC. The molecule has 0 rings (SSSR count). The van der Waals surface area contributed by atoms with Crippen molar-refractivity contribution in [3.8, 4) is 0 Å². The second-order valence-electron chi connectivity index (χ2n) is 11.1. The van der Waals surface area contributed by atoms with Gasteiger partial charge in [-0.2, -0.15) is 0 Å². The van der Waals surface area contributed by atoms with E-state index in [-0.39, 0.29) is 0 Å². The van der Waals surface area contributed by atoms with Gasteiger partial charge in [0, 0.05) is 0 Å². The summed E-state index contributed by atoms with van der Waals surface area (Å²) in [6, 6.07) is 0. The van der Waals surface area contributed by atoms with Gasteiger partial charge in [-0.05, 0) is 11.8 Å². The average Bonchev–Trinajstić information content (AvgIpc) is 2.76. The molecule has 0 aliphatic carbocycles. The molecule has 0 heterocycles. The fraction of sp³-hybridized carbons (Fsp3) is 1.00. The number of hydrogen-bond acceptors (Lipinski definition) is 0. The van der Waals surface area contributed by atoms with Crippen LogP contribution < -0.4 is 0 Å². The summed E-state index contributed by atoms with van der Waals surface area (Å²) in [6.07, 6.45) is 36.6. The first-order chi connectivity index (χ1) is 15.2. The lowest BCUT2D eigenvalue weighted by Gasteiger charge is -2.13. The van der Waals surface area contributed by atoms with Gasteiger partial charge in [-0.25, -0.2) is 0 Å². The highest BCUT2D eigenvalue weighted by Gasteiger charge is 2.05. The van der Waals surface area contributed by atoms with E-state index in [2.05, 4.69) is 27.7 Å². The fourth-order valence-corrected chi connectivity index (χ4v) is 5.06. The van der Waals surface area contributed by atoms with E-state index in [1.807, 2.05) is 0 Å². The summed E-state index contributed by atoms with van der Waals surface area (Å²) in [4.78, 5) is 0. The molecule has 0 saturated carbocycles. The van der Waals surface area contributed by atoms with Crippen LogP contribution in [0.2, 0.25) is 0 Å². The second kappa shape index (κ2) is 26.3. The summed E-state index contributed by atoms with van der Waals surface area (Å²) in [5.74, 6) is 1.92. The van der Waals surface area contributed by atoms with Gasteiger partial charge in [0.15, 0.2) is 0 Å². The van der Waals surface area contributed by atoms with Gasteiger partial charge < -0.3 is 0 Å². The van der Waals surface area contributed by atoms with E-state index in [0.29, 0.717) is 0 Å². The molecule has 0 spiro atoms. The monoisotopic (exact) mass is 437 g/mol. The Hall–Kier alpha value is 0. The third kappa shape index (κ3) is 26.1. The number of hydrogen-bond donors (Lipinski definition) is 0. The Morgan fingerprint density at radius 2 is 0.484 bits per heavy atom. The van der Waals surface area contributed by atoms with Crippen LogP contribution in [-0.4, -0.2) is 0 Å². The highest BCUT2D eigenvalue weighted by molar-refractivity contribution is 4.58. The predicted octanol–water partition coefficient (Wildman–Crippen LogP) is 12.1. The molecule has 0 heteroatoms. The predicted molar refractivity (Wildman–Crippen MR) is 145 cm³/mol. The van der Waals surface area contributed by atoms with Crippen LogP contribution in [-0.2, 0) is 0 Å². The third-order valence-corrected chi connectivity index (χ3v) is 7.49. The van der Waals surface area contributed by atoms with Crippen LogP contribution in [0.1, 0.15) is 188 Å². The van der Waals surface area contributed by atoms with Crippen molar-refractivity contribution in [2.24, 2.45) is 11.8 Å². The molecule has 0 amide bonds. The molecule has 0 nitrogen and oxygen atoms in total. The fourth-order valence-electron chi connectivity index (χ4n) is 5.06. The molecule has 31 heavy (non-hydrogen) atoms. The maximum absolute atomic E-state index is 2.50. The molecule has 2 atom stereocenters. The molecule has 0 N–H and O–H groups in total. The minimum absolute atomic E-state index is 0.962. The largest absolute Gasteiger partial charge is 0.0654 e. The number of rotatable bonds is 26. The van der Waals surface area contributed by atoms with E-state index >= 15 is 0 Å². The van der Waals surface area contributed by atoms with Crippen molar-refractivity contribution in [1.82, 2.24) is 0 Å². The van der Waals surface area contributed by atoms with E-state index < -0.39 is 0 Å². The zero-order valence-corrected chi connectivity index (χ0v) is 22.8. The summed E-state index contributed by atoms with van der Waals surface area (Å²) >= 11 is 0. The van der Waals surface area contributed by atoms with Crippen molar-refractivity contribution < 1.29 is 0 Å². The Balaban J connectivity index is 3.26. The van der Waals surface area contributed by atoms with Crippen molar-refractivity contribution in [2.75, 3.05) is 0 Å². The Bertz CT molecular complexity index is 307. The smallest absolute Gasteiger partial charge is 0.0443 e. The van der Waals surface area contributed by atoms with Crippen LogP contribution in [0.4, 0.5) is 0 Å². The molecule has 0 aromatic carbocycles. The van der Waals surface area contributed by atoms with E-state index in [4.69, 9.17) is 0 Å². The van der Waals surface area contributed by atoms with Crippen LogP contribution in [0.15, 0.2) is 0 Å². The first-order valence-corrected chi connectivity index (χ1v) is 15.2. The van der Waals surface area contributed by atoms with Crippen molar-refractivity contribution >= 4 is 0 Å². The van der Waals surface area contributed by atoms with Gasteiger partial charge in [0.25, 0.3) is 0 Å². The van der Waals surface area contributed by atoms with Crippen LogP contribution in [0.25, 0.3) is 0 Å². The third-order valence-electron chi connectivity index (χ3n) is 7.49. The summed E-state index contributed by atoms with van der Waals surface area (Å²) in [7, 11) is 0. The second-order valence-corrected chi connectivity index (χ2v) is 11.1. The quantitative estimate of drug-likeness (QED) is 0.118. The van der Waals surface area contributed by atoms with E-state index in [9.17, 15) is 0 Å². The van der Waals surface area contributed by atoms with Crippen LogP contribution in [0.3, 0.4) is 0 Å². The van der Waals surface area contributed by atoms with Gasteiger partial charge in [-0.1, -0.05) is 188 Å². The minimum Gasteiger partial charge on any atom is -0.0654 e. The highest BCUT2D eigenvalue weighted by Crippen LogP contribution is 2.21. The van der Waals surface area contributed by atoms with E-state index in [1.165, 1.54) is 161 Å². The minimum atomic E-state index is 0.962. The molecular weight excluding hydrogens is 372 g/mol. The topological polar surface area (TPSA) is 0 Å². The zero-order chi connectivity index (χ0) is 22.8. The molecule has 0 aromatic heterocycles. The van der Waals surface area contributed by atoms with Crippen LogP contribution >= 0.6 is 0 Å². The van der Waals surface area contributed by atoms with Gasteiger partial charge >= 0.3 is 0 Å². The first-order valence-electron chi connectivity index (χ1n) is 15.2. The molecule has 2 unspecified atom stereocenters. The lowest BCUT2D eigenvalue weighted by Crippen LogP contribution is -1.97. The Morgan fingerprint density at radius 1 is 0.290 bits per heavy atom. The first kappa shape index (κ1) is 31.0. The molecule has 0 fully saturated rings. The molecule has 0 aromatic rings. The van der Waals surface area contributed by atoms with Gasteiger partial charge in [-0.15, -0.1) is 0 Å². The Kier molecular flexibility index (Phi) is 26.3. The highest BCUT2D eigenvalue weighted by atomic mass is 14.1.